The Balaban J connectivity index is 2.29. The van der Waals surface area contributed by atoms with Crippen LogP contribution in [0.1, 0.15) is 23.6 Å². The predicted octanol–water partition coefficient (Wildman–Crippen LogP) is 2.74. The molecule has 0 spiro atoms. The van der Waals surface area contributed by atoms with Crippen molar-refractivity contribution in [2.75, 3.05) is 20.1 Å². The summed E-state index contributed by atoms with van der Waals surface area (Å²) in [5.41, 5.74) is 7.41. The van der Waals surface area contributed by atoms with Gasteiger partial charge in [0.2, 0.25) is 0 Å². The van der Waals surface area contributed by atoms with E-state index in [4.69, 9.17) is 17.3 Å². The molecule has 2 atom stereocenters. The number of halogens is 2. The molecular formula is C13H18ClFN2. The van der Waals surface area contributed by atoms with Gasteiger partial charge in [-0.1, -0.05) is 17.7 Å². The molecule has 1 fully saturated rings. The van der Waals surface area contributed by atoms with E-state index in [1.54, 1.807) is 13.0 Å². The Morgan fingerprint density at radius 2 is 2.24 bits per heavy atom. The molecule has 1 aromatic rings. The molecular weight excluding hydrogens is 239 g/mol. The highest BCUT2D eigenvalue weighted by Crippen LogP contribution is 2.35. The largest absolute Gasteiger partial charge is 0.330 e. The molecule has 0 bridgehead atoms. The van der Waals surface area contributed by atoms with Gasteiger partial charge in [0.25, 0.3) is 0 Å². The molecule has 2 rings (SSSR count). The number of likely N-dealkylation sites (tertiary alicyclic amines) is 1. The van der Waals surface area contributed by atoms with Crippen LogP contribution in [0.4, 0.5) is 4.39 Å². The molecule has 0 aromatic heterocycles. The molecule has 0 aliphatic carbocycles. The number of benzene rings is 1. The maximum absolute atomic E-state index is 13.5. The Morgan fingerprint density at radius 3 is 2.76 bits per heavy atom. The third-order valence-corrected chi connectivity index (χ3v) is 3.86. The average Bonchev–Trinajstić information content (AvgIpc) is 2.67. The molecule has 1 heterocycles. The Kier molecular flexibility index (Phi) is 3.71. The molecule has 1 aromatic carbocycles. The number of nitrogens with zero attached hydrogens (tertiary/aromatic N) is 1. The first-order chi connectivity index (χ1) is 8.02. The summed E-state index contributed by atoms with van der Waals surface area (Å²) < 4.78 is 13.5. The van der Waals surface area contributed by atoms with Crippen LogP contribution in [0.3, 0.4) is 0 Å². The van der Waals surface area contributed by atoms with Gasteiger partial charge in [0.15, 0.2) is 0 Å². The van der Waals surface area contributed by atoms with Gasteiger partial charge in [0.05, 0.1) is 5.02 Å². The highest BCUT2D eigenvalue weighted by Gasteiger charge is 2.30. The van der Waals surface area contributed by atoms with Crippen LogP contribution in [-0.4, -0.2) is 25.0 Å². The highest BCUT2D eigenvalue weighted by atomic mass is 35.5. The minimum atomic E-state index is -0.313. The van der Waals surface area contributed by atoms with Gasteiger partial charge in [-0.25, -0.2) is 4.39 Å². The molecule has 1 saturated heterocycles. The van der Waals surface area contributed by atoms with E-state index in [0.717, 1.165) is 18.5 Å². The summed E-state index contributed by atoms with van der Waals surface area (Å²) in [6.07, 6.45) is 1.02. The lowest BCUT2D eigenvalue weighted by Crippen LogP contribution is -2.20. The number of aryl methyl sites for hydroxylation is 1. The molecule has 17 heavy (non-hydrogen) atoms. The van der Waals surface area contributed by atoms with Crippen molar-refractivity contribution in [3.63, 3.8) is 0 Å². The first-order valence-electron chi connectivity index (χ1n) is 5.88. The maximum Gasteiger partial charge on any atom is 0.144 e. The van der Waals surface area contributed by atoms with Crippen molar-refractivity contribution in [2.24, 2.45) is 11.7 Å². The zero-order valence-electron chi connectivity index (χ0n) is 10.2. The summed E-state index contributed by atoms with van der Waals surface area (Å²) in [5.74, 6) is 0.209. The van der Waals surface area contributed by atoms with Gasteiger partial charge in [0.1, 0.15) is 5.82 Å². The van der Waals surface area contributed by atoms with Crippen LogP contribution in [-0.2, 0) is 0 Å². The van der Waals surface area contributed by atoms with Gasteiger partial charge in [0, 0.05) is 12.6 Å². The summed E-state index contributed by atoms with van der Waals surface area (Å²) in [6.45, 7) is 3.45. The molecule has 4 heteroatoms. The monoisotopic (exact) mass is 256 g/mol. The van der Waals surface area contributed by atoms with E-state index in [1.807, 2.05) is 6.07 Å². The smallest absolute Gasteiger partial charge is 0.144 e. The van der Waals surface area contributed by atoms with Crippen LogP contribution < -0.4 is 5.73 Å². The van der Waals surface area contributed by atoms with Gasteiger partial charge < -0.3 is 5.73 Å². The second-order valence-electron chi connectivity index (χ2n) is 4.93. The van der Waals surface area contributed by atoms with Crippen molar-refractivity contribution in [2.45, 2.75) is 19.4 Å². The van der Waals surface area contributed by atoms with Gasteiger partial charge >= 0.3 is 0 Å². The zero-order valence-corrected chi connectivity index (χ0v) is 11.0. The lowest BCUT2D eigenvalue weighted by molar-refractivity contribution is 0.313. The van der Waals surface area contributed by atoms with E-state index < -0.39 is 0 Å². The van der Waals surface area contributed by atoms with Crippen molar-refractivity contribution >= 4 is 11.6 Å². The van der Waals surface area contributed by atoms with Gasteiger partial charge in [-0.05, 0) is 50.0 Å². The van der Waals surface area contributed by atoms with Crippen LogP contribution in [0.2, 0.25) is 5.02 Å². The first-order valence-corrected chi connectivity index (χ1v) is 6.26. The fourth-order valence-electron chi connectivity index (χ4n) is 2.61. The standard InChI is InChI=1S/C13H18ClFN2/c1-8-3-10(5-11(14)13(8)15)12-4-9(6-16)7-17(12)2/h3,5,9,12H,4,6-7,16H2,1-2H3. The molecule has 2 N–H and O–H groups in total. The van der Waals surface area contributed by atoms with Crippen molar-refractivity contribution in [1.29, 1.82) is 0 Å². The van der Waals surface area contributed by atoms with E-state index >= 15 is 0 Å². The van der Waals surface area contributed by atoms with E-state index in [-0.39, 0.29) is 10.8 Å². The Bertz CT molecular complexity index is 399. The van der Waals surface area contributed by atoms with Crippen LogP contribution >= 0.6 is 11.6 Å². The average molecular weight is 257 g/mol. The molecule has 2 unspecified atom stereocenters. The summed E-state index contributed by atoms with van der Waals surface area (Å²) in [7, 11) is 2.08. The van der Waals surface area contributed by atoms with Crippen LogP contribution in [0.25, 0.3) is 0 Å². The second kappa shape index (κ2) is 4.92. The lowest BCUT2D eigenvalue weighted by Gasteiger charge is -2.20. The summed E-state index contributed by atoms with van der Waals surface area (Å²) in [4.78, 5) is 2.26. The molecule has 1 aliphatic heterocycles. The summed E-state index contributed by atoms with van der Waals surface area (Å²) in [5, 5.41) is 0.213. The van der Waals surface area contributed by atoms with Crippen molar-refractivity contribution in [3.8, 4) is 0 Å². The van der Waals surface area contributed by atoms with Gasteiger partial charge in [-0.3, -0.25) is 4.90 Å². The van der Waals surface area contributed by atoms with Crippen molar-refractivity contribution < 1.29 is 4.39 Å². The second-order valence-corrected chi connectivity index (χ2v) is 5.33. The van der Waals surface area contributed by atoms with Crippen LogP contribution in [0, 0.1) is 18.7 Å². The Labute approximate surface area is 107 Å². The SMILES string of the molecule is Cc1cc(C2CC(CN)CN2C)cc(Cl)c1F. The minimum Gasteiger partial charge on any atom is -0.330 e. The zero-order chi connectivity index (χ0) is 12.6. The summed E-state index contributed by atoms with van der Waals surface area (Å²) >= 11 is 5.90. The van der Waals surface area contributed by atoms with Crippen LogP contribution in [0.15, 0.2) is 12.1 Å². The topological polar surface area (TPSA) is 29.3 Å². The van der Waals surface area contributed by atoms with E-state index in [9.17, 15) is 4.39 Å². The Hall–Kier alpha value is -0.640. The number of hydrogen-bond donors (Lipinski definition) is 1. The number of rotatable bonds is 2. The molecule has 1 aliphatic rings. The third-order valence-electron chi connectivity index (χ3n) is 3.59. The minimum absolute atomic E-state index is 0.213. The fourth-order valence-corrected chi connectivity index (χ4v) is 2.89. The van der Waals surface area contributed by atoms with E-state index in [0.29, 0.717) is 24.1 Å². The van der Waals surface area contributed by atoms with Crippen LogP contribution in [0.5, 0.6) is 0 Å². The predicted molar refractivity (Wildman–Crippen MR) is 68.7 cm³/mol. The number of hydrogen-bond acceptors (Lipinski definition) is 2. The van der Waals surface area contributed by atoms with Gasteiger partial charge in [-0.15, -0.1) is 0 Å². The quantitative estimate of drug-likeness (QED) is 0.882. The normalized spacial score (nSPS) is 25.5. The number of nitrogens with two attached hydrogens (primary N) is 1. The van der Waals surface area contributed by atoms with Crippen molar-refractivity contribution in [3.05, 3.63) is 34.1 Å². The maximum atomic E-state index is 13.5. The fraction of sp³-hybridized carbons (Fsp3) is 0.538. The van der Waals surface area contributed by atoms with E-state index in [2.05, 4.69) is 11.9 Å². The first kappa shape index (κ1) is 12.8. The lowest BCUT2D eigenvalue weighted by atomic mass is 9.98. The molecule has 0 amide bonds. The molecule has 2 nitrogen and oxygen atoms in total. The summed E-state index contributed by atoms with van der Waals surface area (Å²) in [6, 6.07) is 3.94. The highest BCUT2D eigenvalue weighted by molar-refractivity contribution is 6.30. The molecule has 0 radical (unpaired) electrons. The van der Waals surface area contributed by atoms with Crippen molar-refractivity contribution in [1.82, 2.24) is 4.90 Å². The third kappa shape index (κ3) is 2.46. The van der Waals surface area contributed by atoms with Gasteiger partial charge in [-0.2, -0.15) is 0 Å². The molecule has 94 valence electrons. The molecule has 0 saturated carbocycles. The Morgan fingerprint density at radius 1 is 1.53 bits per heavy atom. The van der Waals surface area contributed by atoms with E-state index in [1.165, 1.54) is 0 Å².